The van der Waals surface area contributed by atoms with Crippen LogP contribution in [-0.2, 0) is 0 Å². The highest BCUT2D eigenvalue weighted by Crippen LogP contribution is 2.42. The quantitative estimate of drug-likeness (QED) is 0.161. The third-order valence-corrected chi connectivity index (χ3v) is 9.69. The lowest BCUT2D eigenvalue weighted by Crippen LogP contribution is -2.10. The van der Waals surface area contributed by atoms with E-state index in [-0.39, 0.29) is 0 Å². The van der Waals surface area contributed by atoms with Crippen molar-refractivity contribution in [2.45, 2.75) is 0 Å². The van der Waals surface area contributed by atoms with Crippen LogP contribution in [0.2, 0.25) is 0 Å². The monoisotopic (exact) mass is 665 g/mol. The molecule has 1 aromatic heterocycles. The molecule has 0 fully saturated rings. The number of rotatable bonds is 8. The van der Waals surface area contributed by atoms with E-state index in [1.165, 1.54) is 22.3 Å². The van der Waals surface area contributed by atoms with Gasteiger partial charge in [-0.3, -0.25) is 0 Å². The Bertz CT molecular complexity index is 2590. The van der Waals surface area contributed by atoms with E-state index in [1.807, 2.05) is 12.1 Å². The van der Waals surface area contributed by atoms with Crippen LogP contribution in [0.5, 0.6) is 0 Å². The molecule has 1 heterocycles. The first kappa shape index (κ1) is 31.1. The molecule has 0 radical (unpaired) electrons. The lowest BCUT2D eigenvalue weighted by molar-refractivity contribution is 0.632. The Hall–Kier alpha value is -6.90. The first-order chi connectivity index (χ1) is 25.8. The van der Waals surface area contributed by atoms with Gasteiger partial charge in [0.2, 0.25) is 0 Å². The molecule has 2 heteroatoms. The van der Waals surface area contributed by atoms with Crippen LogP contribution in [0.25, 0.3) is 66.8 Å². The number of para-hydroxylation sites is 1. The molecule has 9 aromatic rings. The minimum atomic E-state index is 0.884. The highest BCUT2D eigenvalue weighted by Gasteiger charge is 2.19. The van der Waals surface area contributed by atoms with Crippen molar-refractivity contribution in [3.63, 3.8) is 0 Å². The number of nitrogens with zero attached hydrogens (tertiary/aromatic N) is 1. The summed E-state index contributed by atoms with van der Waals surface area (Å²) in [6.45, 7) is 0. The largest absolute Gasteiger partial charge is 0.455 e. The van der Waals surface area contributed by atoms with Gasteiger partial charge in [-0.05, 0) is 87.5 Å². The van der Waals surface area contributed by atoms with E-state index in [1.54, 1.807) is 0 Å². The van der Waals surface area contributed by atoms with Crippen molar-refractivity contribution in [2.75, 3.05) is 4.90 Å². The molecule has 8 aromatic carbocycles. The number of anilines is 3. The number of fused-ring (bicyclic) bond motifs is 1. The summed E-state index contributed by atoms with van der Waals surface area (Å²) < 4.78 is 6.55. The molecule has 0 spiro atoms. The van der Waals surface area contributed by atoms with Crippen LogP contribution in [0.15, 0.2) is 217 Å². The van der Waals surface area contributed by atoms with Crippen molar-refractivity contribution in [3.05, 3.63) is 212 Å². The highest BCUT2D eigenvalue weighted by molar-refractivity contribution is 6.02. The van der Waals surface area contributed by atoms with Crippen LogP contribution in [0.1, 0.15) is 0 Å². The van der Waals surface area contributed by atoms with Gasteiger partial charge in [-0.2, -0.15) is 0 Å². The van der Waals surface area contributed by atoms with E-state index in [2.05, 4.69) is 205 Å². The lowest BCUT2D eigenvalue weighted by atomic mass is 9.96. The highest BCUT2D eigenvalue weighted by atomic mass is 16.3. The Balaban J connectivity index is 1.10. The third kappa shape index (κ3) is 6.08. The second kappa shape index (κ2) is 13.8. The summed E-state index contributed by atoms with van der Waals surface area (Å²) in [5, 5.41) is 1.12. The normalized spacial score (nSPS) is 11.1. The summed E-state index contributed by atoms with van der Waals surface area (Å²) >= 11 is 0. The Kier molecular flexibility index (Phi) is 8.24. The van der Waals surface area contributed by atoms with Crippen molar-refractivity contribution in [1.82, 2.24) is 0 Å². The topological polar surface area (TPSA) is 16.4 Å². The van der Waals surface area contributed by atoms with Crippen molar-refractivity contribution >= 4 is 28.0 Å². The smallest absolute Gasteiger partial charge is 0.143 e. The molecule has 246 valence electrons. The van der Waals surface area contributed by atoms with Gasteiger partial charge in [-0.25, -0.2) is 0 Å². The summed E-state index contributed by atoms with van der Waals surface area (Å²) in [5.41, 5.74) is 14.5. The van der Waals surface area contributed by atoms with E-state index in [0.717, 1.165) is 61.6 Å². The molecule has 0 unspecified atom stereocenters. The number of hydrogen-bond acceptors (Lipinski definition) is 2. The van der Waals surface area contributed by atoms with Gasteiger partial charge in [0, 0.05) is 33.6 Å². The minimum Gasteiger partial charge on any atom is -0.455 e. The maximum absolute atomic E-state index is 6.55. The van der Waals surface area contributed by atoms with Gasteiger partial charge in [0.1, 0.15) is 11.3 Å². The van der Waals surface area contributed by atoms with Gasteiger partial charge in [0.15, 0.2) is 0 Å². The molecule has 0 N–H and O–H groups in total. The molecule has 9 rings (SSSR count). The Morgan fingerprint density at radius 3 is 1.37 bits per heavy atom. The molecule has 2 nitrogen and oxygen atoms in total. The van der Waals surface area contributed by atoms with E-state index in [4.69, 9.17) is 4.42 Å². The van der Waals surface area contributed by atoms with Gasteiger partial charge in [0.25, 0.3) is 0 Å². The van der Waals surface area contributed by atoms with Gasteiger partial charge in [-0.15, -0.1) is 0 Å². The zero-order chi connectivity index (χ0) is 34.7. The van der Waals surface area contributed by atoms with E-state index < -0.39 is 0 Å². The molecular weight excluding hydrogens is 631 g/mol. The fraction of sp³-hybridized carbons (Fsp3) is 0. The van der Waals surface area contributed by atoms with Gasteiger partial charge in [-0.1, -0.05) is 164 Å². The number of hydrogen-bond donors (Lipinski definition) is 0. The first-order valence-electron chi connectivity index (χ1n) is 17.7. The summed E-state index contributed by atoms with van der Waals surface area (Å²) in [7, 11) is 0. The Labute approximate surface area is 304 Å². The molecule has 0 aliphatic rings. The first-order valence-corrected chi connectivity index (χ1v) is 17.7. The maximum Gasteiger partial charge on any atom is 0.143 e. The standard InChI is InChI=1S/C50H35NO/c1-4-14-36(15-5-1)38-26-30-44(31-27-38)51(46-23-13-21-42(35-46)37-16-6-2-7-17-37)45-32-28-39(29-33-45)41-20-12-22-43(34-41)50-49(40-18-8-3-9-19-40)47-24-10-11-25-48(47)52-50/h1-35H. The molecule has 0 aliphatic heterocycles. The van der Waals surface area contributed by atoms with Gasteiger partial charge in [0.05, 0.1) is 0 Å². The average molecular weight is 666 g/mol. The Morgan fingerprint density at radius 1 is 0.288 bits per heavy atom. The molecule has 0 aliphatic carbocycles. The zero-order valence-electron chi connectivity index (χ0n) is 28.6. The van der Waals surface area contributed by atoms with Gasteiger partial charge < -0.3 is 9.32 Å². The van der Waals surface area contributed by atoms with Crippen LogP contribution < -0.4 is 4.90 Å². The molecule has 0 saturated heterocycles. The summed E-state index contributed by atoms with van der Waals surface area (Å²) in [4.78, 5) is 2.34. The molecule has 0 atom stereocenters. The Morgan fingerprint density at radius 2 is 0.731 bits per heavy atom. The molecule has 0 bridgehead atoms. The molecular formula is C50H35NO. The van der Waals surface area contributed by atoms with Crippen molar-refractivity contribution < 1.29 is 4.42 Å². The summed E-state index contributed by atoms with van der Waals surface area (Å²) in [6, 6.07) is 75.1. The average Bonchev–Trinajstić information content (AvgIpc) is 3.63. The van der Waals surface area contributed by atoms with Crippen molar-refractivity contribution in [3.8, 4) is 55.8 Å². The van der Waals surface area contributed by atoms with E-state index in [0.29, 0.717) is 0 Å². The molecule has 52 heavy (non-hydrogen) atoms. The third-order valence-electron chi connectivity index (χ3n) is 9.69. The van der Waals surface area contributed by atoms with Crippen LogP contribution in [-0.4, -0.2) is 0 Å². The number of furan rings is 1. The van der Waals surface area contributed by atoms with Crippen LogP contribution >= 0.6 is 0 Å². The fourth-order valence-corrected chi connectivity index (χ4v) is 7.12. The summed E-state index contributed by atoms with van der Waals surface area (Å²) in [5.74, 6) is 0.884. The SMILES string of the molecule is c1ccc(-c2ccc(N(c3ccc(-c4cccc(-c5oc6ccccc6c5-c5ccccc5)c4)cc3)c3cccc(-c4ccccc4)c3)cc2)cc1. The zero-order valence-corrected chi connectivity index (χ0v) is 28.6. The van der Waals surface area contributed by atoms with Crippen molar-refractivity contribution in [1.29, 1.82) is 0 Å². The van der Waals surface area contributed by atoms with Gasteiger partial charge >= 0.3 is 0 Å². The second-order valence-electron chi connectivity index (χ2n) is 13.0. The molecule has 0 saturated carbocycles. The lowest BCUT2D eigenvalue weighted by Gasteiger charge is -2.26. The second-order valence-corrected chi connectivity index (χ2v) is 13.0. The van der Waals surface area contributed by atoms with E-state index >= 15 is 0 Å². The minimum absolute atomic E-state index is 0.884. The number of benzene rings is 8. The summed E-state index contributed by atoms with van der Waals surface area (Å²) in [6.07, 6.45) is 0. The van der Waals surface area contributed by atoms with Crippen LogP contribution in [0.3, 0.4) is 0 Å². The molecule has 0 amide bonds. The maximum atomic E-state index is 6.55. The van der Waals surface area contributed by atoms with Crippen molar-refractivity contribution in [2.24, 2.45) is 0 Å². The van der Waals surface area contributed by atoms with E-state index in [9.17, 15) is 0 Å². The van der Waals surface area contributed by atoms with Crippen LogP contribution in [0, 0.1) is 0 Å². The predicted octanol–water partition coefficient (Wildman–Crippen LogP) is 14.2. The fourth-order valence-electron chi connectivity index (χ4n) is 7.12. The van der Waals surface area contributed by atoms with Crippen LogP contribution in [0.4, 0.5) is 17.1 Å². The predicted molar refractivity (Wildman–Crippen MR) is 218 cm³/mol.